The highest BCUT2D eigenvalue weighted by molar-refractivity contribution is 7.10. The Morgan fingerprint density at radius 1 is 1.50 bits per heavy atom. The average molecular weight is 156 g/mol. The van der Waals surface area contributed by atoms with Gasteiger partial charge >= 0.3 is 0 Å². The van der Waals surface area contributed by atoms with Gasteiger partial charge in [-0.1, -0.05) is 0 Å². The van der Waals surface area contributed by atoms with Crippen molar-refractivity contribution in [3.63, 3.8) is 0 Å². The Labute approximate surface area is 65.3 Å². The third kappa shape index (κ3) is 1.22. The van der Waals surface area contributed by atoms with Crippen molar-refractivity contribution in [3.8, 4) is 0 Å². The summed E-state index contributed by atoms with van der Waals surface area (Å²) in [6.45, 7) is 5.92. The largest absolute Gasteiger partial charge is 0.388 e. The zero-order chi connectivity index (χ0) is 7.72. The fraction of sp³-hybridized carbons (Fsp3) is 0.500. The van der Waals surface area contributed by atoms with Crippen LogP contribution in [0.2, 0.25) is 0 Å². The Bertz CT molecular complexity index is 225. The second-order valence-electron chi connectivity index (χ2n) is 2.58. The van der Waals surface area contributed by atoms with Gasteiger partial charge in [-0.3, -0.25) is 0 Å². The molecule has 0 aliphatic carbocycles. The maximum absolute atomic E-state index is 9.23. The number of hydrogen-bond acceptors (Lipinski definition) is 2. The van der Waals surface area contributed by atoms with E-state index in [0.29, 0.717) is 0 Å². The normalized spacial score (nSPS) is 13.6. The summed E-state index contributed by atoms with van der Waals surface area (Å²) in [5.41, 5.74) is 2.51. The number of rotatable bonds is 1. The second-order valence-corrected chi connectivity index (χ2v) is 3.50. The van der Waals surface area contributed by atoms with Crippen LogP contribution in [0.1, 0.15) is 29.0 Å². The number of aliphatic hydroxyl groups is 1. The zero-order valence-electron chi connectivity index (χ0n) is 6.51. The molecule has 1 nitrogen and oxygen atoms in total. The Morgan fingerprint density at radius 2 is 2.10 bits per heavy atom. The molecule has 0 bridgehead atoms. The van der Waals surface area contributed by atoms with Gasteiger partial charge in [0.2, 0.25) is 0 Å². The molecule has 1 atom stereocenters. The summed E-state index contributed by atoms with van der Waals surface area (Å²) in [6, 6.07) is 0. The molecule has 1 unspecified atom stereocenters. The lowest BCUT2D eigenvalue weighted by atomic mass is 10.1. The Balaban J connectivity index is 3.05. The average Bonchev–Trinajstić information content (AvgIpc) is 2.14. The monoisotopic (exact) mass is 156 g/mol. The first-order chi connectivity index (χ1) is 4.63. The fourth-order valence-electron chi connectivity index (χ4n) is 0.935. The molecule has 2 heteroatoms. The first-order valence-electron chi connectivity index (χ1n) is 3.35. The molecule has 56 valence electrons. The van der Waals surface area contributed by atoms with Gasteiger partial charge in [0.15, 0.2) is 0 Å². The predicted octanol–water partition coefficient (Wildman–Crippen LogP) is 2.42. The van der Waals surface area contributed by atoms with Crippen molar-refractivity contribution in [2.75, 3.05) is 0 Å². The maximum Gasteiger partial charge on any atom is 0.0856 e. The molecule has 0 aliphatic heterocycles. The number of aliphatic hydroxyl groups excluding tert-OH is 1. The Hall–Kier alpha value is -0.340. The van der Waals surface area contributed by atoms with Crippen LogP contribution in [-0.4, -0.2) is 5.11 Å². The van der Waals surface area contributed by atoms with Gasteiger partial charge in [-0.2, -0.15) is 0 Å². The molecule has 0 saturated heterocycles. The van der Waals surface area contributed by atoms with E-state index in [9.17, 15) is 5.11 Å². The van der Waals surface area contributed by atoms with Gasteiger partial charge < -0.3 is 5.11 Å². The molecular formula is C8H12OS. The molecular weight excluding hydrogens is 144 g/mol. The number of aryl methyl sites for hydroxylation is 1. The molecule has 0 spiro atoms. The topological polar surface area (TPSA) is 20.2 Å². The third-order valence-corrected chi connectivity index (χ3v) is 3.08. The van der Waals surface area contributed by atoms with Gasteiger partial charge in [-0.15, -0.1) is 11.3 Å². The first kappa shape index (κ1) is 7.76. The van der Waals surface area contributed by atoms with E-state index in [2.05, 4.69) is 12.3 Å². The van der Waals surface area contributed by atoms with Crippen LogP contribution in [0.25, 0.3) is 0 Å². The standard InChI is InChI=1S/C8H12OS/c1-5-4-10-8(6(5)2)7(3)9/h4,7,9H,1-3H3. The van der Waals surface area contributed by atoms with Crippen LogP contribution in [-0.2, 0) is 0 Å². The summed E-state index contributed by atoms with van der Waals surface area (Å²) in [7, 11) is 0. The lowest BCUT2D eigenvalue weighted by Gasteiger charge is -2.01. The third-order valence-electron chi connectivity index (χ3n) is 1.70. The molecule has 1 aromatic heterocycles. The van der Waals surface area contributed by atoms with Gasteiger partial charge in [0.05, 0.1) is 6.10 Å². The summed E-state index contributed by atoms with van der Waals surface area (Å²) in [6.07, 6.45) is -0.307. The molecule has 0 saturated carbocycles. The summed E-state index contributed by atoms with van der Waals surface area (Å²) in [5.74, 6) is 0. The maximum atomic E-state index is 9.23. The highest BCUT2D eigenvalue weighted by atomic mass is 32.1. The van der Waals surface area contributed by atoms with Crippen LogP contribution in [0.3, 0.4) is 0 Å². The van der Waals surface area contributed by atoms with Crippen molar-refractivity contribution in [2.24, 2.45) is 0 Å². The van der Waals surface area contributed by atoms with Crippen molar-refractivity contribution >= 4 is 11.3 Å². The van der Waals surface area contributed by atoms with Crippen molar-refractivity contribution < 1.29 is 5.11 Å². The van der Waals surface area contributed by atoms with Gasteiger partial charge in [0.1, 0.15) is 0 Å². The molecule has 1 heterocycles. The van der Waals surface area contributed by atoms with Crippen molar-refractivity contribution in [2.45, 2.75) is 26.9 Å². The van der Waals surface area contributed by atoms with Crippen LogP contribution in [0, 0.1) is 13.8 Å². The molecule has 1 rings (SSSR count). The zero-order valence-corrected chi connectivity index (χ0v) is 7.33. The molecule has 0 radical (unpaired) electrons. The van der Waals surface area contributed by atoms with Crippen molar-refractivity contribution in [3.05, 3.63) is 21.4 Å². The predicted molar refractivity (Wildman–Crippen MR) is 44.4 cm³/mol. The molecule has 10 heavy (non-hydrogen) atoms. The van der Waals surface area contributed by atoms with E-state index in [1.54, 1.807) is 18.3 Å². The minimum atomic E-state index is -0.307. The lowest BCUT2D eigenvalue weighted by molar-refractivity contribution is 0.202. The highest BCUT2D eigenvalue weighted by Gasteiger charge is 2.07. The Kier molecular flexibility index (Phi) is 2.11. The van der Waals surface area contributed by atoms with E-state index in [0.717, 1.165) is 4.88 Å². The van der Waals surface area contributed by atoms with E-state index >= 15 is 0 Å². The minimum absolute atomic E-state index is 0.307. The van der Waals surface area contributed by atoms with E-state index in [4.69, 9.17) is 0 Å². The highest BCUT2D eigenvalue weighted by Crippen LogP contribution is 2.26. The molecule has 0 aromatic carbocycles. The van der Waals surface area contributed by atoms with Gasteiger partial charge in [-0.25, -0.2) is 0 Å². The number of hydrogen-bond donors (Lipinski definition) is 1. The Morgan fingerprint density at radius 3 is 2.30 bits per heavy atom. The van der Waals surface area contributed by atoms with Crippen LogP contribution < -0.4 is 0 Å². The smallest absolute Gasteiger partial charge is 0.0856 e. The summed E-state index contributed by atoms with van der Waals surface area (Å²) < 4.78 is 0. The minimum Gasteiger partial charge on any atom is -0.388 e. The van der Waals surface area contributed by atoms with E-state index in [1.807, 2.05) is 6.92 Å². The summed E-state index contributed by atoms with van der Waals surface area (Å²) >= 11 is 1.63. The van der Waals surface area contributed by atoms with Crippen LogP contribution in [0.4, 0.5) is 0 Å². The summed E-state index contributed by atoms with van der Waals surface area (Å²) in [5, 5.41) is 11.3. The summed E-state index contributed by atoms with van der Waals surface area (Å²) in [4.78, 5) is 1.09. The SMILES string of the molecule is Cc1csc(C(C)O)c1C. The van der Waals surface area contributed by atoms with Gasteiger partial charge in [0, 0.05) is 4.88 Å². The van der Waals surface area contributed by atoms with Crippen LogP contribution in [0.15, 0.2) is 5.38 Å². The number of thiophene rings is 1. The van der Waals surface area contributed by atoms with E-state index in [1.165, 1.54) is 11.1 Å². The molecule has 0 amide bonds. The van der Waals surface area contributed by atoms with Crippen LogP contribution >= 0.6 is 11.3 Å². The lowest BCUT2D eigenvalue weighted by Crippen LogP contribution is -1.88. The molecule has 1 aromatic rings. The van der Waals surface area contributed by atoms with Crippen molar-refractivity contribution in [1.29, 1.82) is 0 Å². The van der Waals surface area contributed by atoms with Gasteiger partial charge in [-0.05, 0) is 37.3 Å². The first-order valence-corrected chi connectivity index (χ1v) is 4.23. The van der Waals surface area contributed by atoms with Gasteiger partial charge in [0.25, 0.3) is 0 Å². The second kappa shape index (κ2) is 2.72. The molecule has 0 aliphatic rings. The molecule has 1 N–H and O–H groups in total. The van der Waals surface area contributed by atoms with Crippen LogP contribution in [0.5, 0.6) is 0 Å². The quantitative estimate of drug-likeness (QED) is 0.662. The molecule has 0 fully saturated rings. The van der Waals surface area contributed by atoms with E-state index in [-0.39, 0.29) is 6.10 Å². The fourth-order valence-corrected chi connectivity index (χ4v) is 1.95. The van der Waals surface area contributed by atoms with E-state index < -0.39 is 0 Å². The van der Waals surface area contributed by atoms with Crippen molar-refractivity contribution in [1.82, 2.24) is 0 Å².